The molecule has 2 rings (SSSR count). The number of anilines is 1. The van der Waals surface area contributed by atoms with Crippen molar-refractivity contribution in [2.75, 3.05) is 26.1 Å². The minimum Gasteiger partial charge on any atom is -0.497 e. The van der Waals surface area contributed by atoms with E-state index in [2.05, 4.69) is 5.32 Å². The molecule has 0 aliphatic rings. The lowest BCUT2D eigenvalue weighted by Crippen LogP contribution is -2.21. The van der Waals surface area contributed by atoms with Crippen LogP contribution in [0, 0.1) is 0 Å². The van der Waals surface area contributed by atoms with Gasteiger partial charge in [0, 0.05) is 23.1 Å². The van der Waals surface area contributed by atoms with E-state index in [1.54, 1.807) is 42.5 Å². The van der Waals surface area contributed by atoms with Crippen molar-refractivity contribution in [2.45, 2.75) is 12.8 Å². The van der Waals surface area contributed by atoms with Crippen LogP contribution in [0.5, 0.6) is 11.5 Å². The lowest BCUT2D eigenvalue weighted by molar-refractivity contribution is -0.147. The van der Waals surface area contributed by atoms with E-state index in [0.717, 1.165) is 0 Å². The molecule has 0 atom stereocenters. The first-order valence-corrected chi connectivity index (χ1v) is 8.77. The molecule has 0 aromatic heterocycles. The first-order chi connectivity index (χ1) is 13.4. The van der Waals surface area contributed by atoms with Crippen molar-refractivity contribution in [1.82, 2.24) is 0 Å². The van der Waals surface area contributed by atoms with E-state index in [1.165, 1.54) is 14.2 Å². The molecule has 0 spiro atoms. The molecule has 0 aliphatic carbocycles. The zero-order chi connectivity index (χ0) is 20.5. The predicted octanol–water partition coefficient (Wildman–Crippen LogP) is 3.50. The highest BCUT2D eigenvalue weighted by atomic mass is 35.5. The number of halogens is 1. The average Bonchev–Trinajstić information content (AvgIpc) is 2.71. The number of rotatable bonds is 9. The SMILES string of the molecule is COc1ccc(NC(=O)COC(=O)CCC(=O)c2ccc(Cl)cc2)c(OC)c1. The van der Waals surface area contributed by atoms with Crippen molar-refractivity contribution in [3.8, 4) is 11.5 Å². The van der Waals surface area contributed by atoms with Crippen LogP contribution in [0.2, 0.25) is 5.02 Å². The Hall–Kier alpha value is -3.06. The maximum Gasteiger partial charge on any atom is 0.306 e. The molecule has 0 bridgehead atoms. The number of carbonyl (C=O) groups excluding carboxylic acids is 3. The summed E-state index contributed by atoms with van der Waals surface area (Å²) in [7, 11) is 2.98. The number of hydrogen-bond donors (Lipinski definition) is 1. The Morgan fingerprint density at radius 3 is 2.32 bits per heavy atom. The second-order valence-electron chi connectivity index (χ2n) is 5.71. The van der Waals surface area contributed by atoms with E-state index >= 15 is 0 Å². The zero-order valence-electron chi connectivity index (χ0n) is 15.5. The summed E-state index contributed by atoms with van der Waals surface area (Å²) in [5.74, 6) is -0.389. The van der Waals surface area contributed by atoms with E-state index in [-0.39, 0.29) is 18.6 Å². The van der Waals surface area contributed by atoms with Crippen LogP contribution in [0.25, 0.3) is 0 Å². The second kappa shape index (κ2) is 10.3. The summed E-state index contributed by atoms with van der Waals surface area (Å²) in [6.07, 6.45) is -0.144. The topological polar surface area (TPSA) is 90.9 Å². The average molecular weight is 406 g/mol. The summed E-state index contributed by atoms with van der Waals surface area (Å²) in [6.45, 7) is -0.469. The first-order valence-electron chi connectivity index (χ1n) is 8.39. The first kappa shape index (κ1) is 21.2. The Labute approximate surface area is 167 Å². The van der Waals surface area contributed by atoms with E-state index in [0.29, 0.717) is 27.8 Å². The van der Waals surface area contributed by atoms with Gasteiger partial charge < -0.3 is 19.5 Å². The number of carbonyl (C=O) groups is 3. The van der Waals surface area contributed by atoms with E-state index in [4.69, 9.17) is 25.8 Å². The quantitative estimate of drug-likeness (QED) is 0.507. The van der Waals surface area contributed by atoms with Crippen LogP contribution in [0.15, 0.2) is 42.5 Å². The highest BCUT2D eigenvalue weighted by molar-refractivity contribution is 6.30. The predicted molar refractivity (Wildman–Crippen MR) is 104 cm³/mol. The molecule has 0 radical (unpaired) electrons. The molecule has 1 N–H and O–H groups in total. The van der Waals surface area contributed by atoms with Gasteiger partial charge in [0.25, 0.3) is 5.91 Å². The van der Waals surface area contributed by atoms with Gasteiger partial charge in [-0.2, -0.15) is 0 Å². The molecule has 1 amide bonds. The van der Waals surface area contributed by atoms with E-state index in [1.807, 2.05) is 0 Å². The number of nitrogens with one attached hydrogen (secondary N) is 1. The molecule has 0 saturated carbocycles. The molecule has 2 aromatic carbocycles. The van der Waals surface area contributed by atoms with Crippen LogP contribution in [-0.2, 0) is 14.3 Å². The van der Waals surface area contributed by atoms with Gasteiger partial charge in [-0.1, -0.05) is 11.6 Å². The van der Waals surface area contributed by atoms with Gasteiger partial charge in [-0.05, 0) is 36.4 Å². The van der Waals surface area contributed by atoms with Crippen LogP contribution >= 0.6 is 11.6 Å². The Balaban J connectivity index is 1.78. The normalized spacial score (nSPS) is 10.1. The van der Waals surface area contributed by atoms with E-state index in [9.17, 15) is 14.4 Å². The fourth-order valence-corrected chi connectivity index (χ4v) is 2.43. The van der Waals surface area contributed by atoms with Crippen molar-refractivity contribution < 1.29 is 28.6 Å². The lowest BCUT2D eigenvalue weighted by atomic mass is 10.1. The Morgan fingerprint density at radius 1 is 0.964 bits per heavy atom. The lowest BCUT2D eigenvalue weighted by Gasteiger charge is -2.11. The van der Waals surface area contributed by atoms with Gasteiger partial charge in [0.2, 0.25) is 0 Å². The van der Waals surface area contributed by atoms with Crippen LogP contribution in [-0.4, -0.2) is 38.5 Å². The second-order valence-corrected chi connectivity index (χ2v) is 6.14. The zero-order valence-corrected chi connectivity index (χ0v) is 16.2. The van der Waals surface area contributed by atoms with E-state index < -0.39 is 18.5 Å². The fourth-order valence-electron chi connectivity index (χ4n) is 2.30. The highest BCUT2D eigenvalue weighted by Crippen LogP contribution is 2.28. The van der Waals surface area contributed by atoms with Crippen molar-refractivity contribution in [3.63, 3.8) is 0 Å². The van der Waals surface area contributed by atoms with Crippen LogP contribution < -0.4 is 14.8 Å². The van der Waals surface area contributed by atoms with Crippen molar-refractivity contribution in [1.29, 1.82) is 0 Å². The highest BCUT2D eigenvalue weighted by Gasteiger charge is 2.13. The largest absolute Gasteiger partial charge is 0.497 e. The molecule has 0 unspecified atom stereocenters. The monoisotopic (exact) mass is 405 g/mol. The number of Topliss-reactive ketones (excluding diaryl/α,β-unsaturated/α-hetero) is 1. The van der Waals surface area contributed by atoms with Crippen LogP contribution in [0.3, 0.4) is 0 Å². The molecular formula is C20H20ClNO6. The summed E-state index contributed by atoms with van der Waals surface area (Å²) in [4.78, 5) is 35.8. The molecule has 0 heterocycles. The van der Waals surface area contributed by atoms with Gasteiger partial charge >= 0.3 is 5.97 Å². The summed E-state index contributed by atoms with van der Waals surface area (Å²) < 4.78 is 15.2. The maximum absolute atomic E-state index is 12.0. The number of benzene rings is 2. The van der Waals surface area contributed by atoms with Crippen molar-refractivity contribution in [2.24, 2.45) is 0 Å². The van der Waals surface area contributed by atoms with Crippen molar-refractivity contribution >= 4 is 34.9 Å². The maximum atomic E-state index is 12.0. The van der Waals surface area contributed by atoms with Gasteiger partial charge in [0.05, 0.1) is 26.3 Å². The molecule has 0 aliphatic heterocycles. The Kier molecular flexibility index (Phi) is 7.83. The smallest absolute Gasteiger partial charge is 0.306 e. The summed E-state index contributed by atoms with van der Waals surface area (Å²) in [6, 6.07) is 11.3. The number of hydrogen-bond acceptors (Lipinski definition) is 6. The molecule has 2 aromatic rings. The third-order valence-electron chi connectivity index (χ3n) is 3.77. The molecule has 7 nitrogen and oxygen atoms in total. The summed E-state index contributed by atoms with van der Waals surface area (Å²) >= 11 is 5.77. The van der Waals surface area contributed by atoms with Gasteiger partial charge in [-0.25, -0.2) is 0 Å². The molecule has 28 heavy (non-hydrogen) atoms. The van der Waals surface area contributed by atoms with Crippen molar-refractivity contribution in [3.05, 3.63) is 53.1 Å². The third kappa shape index (κ3) is 6.28. The fraction of sp³-hybridized carbons (Fsp3) is 0.250. The standard InChI is InChI=1S/C20H20ClNO6/c1-26-15-7-8-16(18(11-15)27-2)22-19(24)12-28-20(25)10-9-17(23)13-3-5-14(21)6-4-13/h3-8,11H,9-10,12H2,1-2H3,(H,22,24). The number of ketones is 1. The molecule has 0 fully saturated rings. The number of ether oxygens (including phenoxy) is 3. The number of methoxy groups -OCH3 is 2. The Morgan fingerprint density at radius 2 is 1.68 bits per heavy atom. The molecular weight excluding hydrogens is 386 g/mol. The summed E-state index contributed by atoms with van der Waals surface area (Å²) in [5, 5.41) is 3.11. The van der Waals surface area contributed by atoms with Crippen LogP contribution in [0.1, 0.15) is 23.2 Å². The number of amides is 1. The molecule has 8 heteroatoms. The minimum atomic E-state index is -0.640. The molecule has 148 valence electrons. The minimum absolute atomic E-state index is 0.0195. The van der Waals surface area contributed by atoms with Gasteiger partial charge in [0.1, 0.15) is 11.5 Å². The number of esters is 1. The van der Waals surface area contributed by atoms with Gasteiger partial charge in [0.15, 0.2) is 12.4 Å². The third-order valence-corrected chi connectivity index (χ3v) is 4.02. The molecule has 0 saturated heterocycles. The summed E-state index contributed by atoms with van der Waals surface area (Å²) in [5.41, 5.74) is 0.879. The van der Waals surface area contributed by atoms with Gasteiger partial charge in [-0.15, -0.1) is 0 Å². The van der Waals surface area contributed by atoms with Gasteiger partial charge in [-0.3, -0.25) is 14.4 Å². The van der Waals surface area contributed by atoms with Crippen LogP contribution in [0.4, 0.5) is 5.69 Å². The Bertz CT molecular complexity index is 850.